The summed E-state index contributed by atoms with van der Waals surface area (Å²) in [5, 5.41) is 0. The van der Waals surface area contributed by atoms with Crippen molar-refractivity contribution in [2.75, 3.05) is 19.0 Å². The Kier molecular flexibility index (Phi) is 14.2. The molecule has 0 aliphatic rings. The highest BCUT2D eigenvalue weighted by Gasteiger charge is 2.05. The minimum absolute atomic E-state index is 0.199. The standard InChI is InChI=1S/C11H14FN.C9H12.2C2H6/c1-8(2)9-5-6-10(12)11(7-9)13(3)4;1-7-4-5-8(2)9(3)6-7;2*1-2/h5-7H,1H2,2-4H3;4-6H,1-3H3;2*1-2H3. The Balaban J connectivity index is 0. The molecule has 0 bridgehead atoms. The Labute approximate surface area is 161 Å². The highest BCUT2D eigenvalue weighted by molar-refractivity contribution is 5.66. The van der Waals surface area contributed by atoms with E-state index in [2.05, 4.69) is 45.5 Å². The van der Waals surface area contributed by atoms with E-state index in [1.165, 1.54) is 22.8 Å². The fourth-order valence-corrected chi connectivity index (χ4v) is 2.01. The highest BCUT2D eigenvalue weighted by Crippen LogP contribution is 2.22. The number of anilines is 1. The van der Waals surface area contributed by atoms with Gasteiger partial charge in [0, 0.05) is 14.1 Å². The van der Waals surface area contributed by atoms with E-state index in [0.29, 0.717) is 5.69 Å². The molecule has 2 rings (SSSR count). The first-order valence-corrected chi connectivity index (χ1v) is 9.39. The second kappa shape index (κ2) is 14.1. The van der Waals surface area contributed by atoms with Crippen LogP contribution in [-0.2, 0) is 0 Å². The number of hydrogen-bond acceptors (Lipinski definition) is 1. The van der Waals surface area contributed by atoms with Crippen LogP contribution in [0.15, 0.2) is 43.0 Å². The van der Waals surface area contributed by atoms with Crippen LogP contribution in [0.5, 0.6) is 0 Å². The SMILES string of the molecule is C=C(C)c1ccc(F)c(N(C)C)c1.CC.CC.Cc1ccc(C)c(C)c1. The van der Waals surface area contributed by atoms with Gasteiger partial charge in [-0.05, 0) is 56.5 Å². The van der Waals surface area contributed by atoms with Gasteiger partial charge in [0.15, 0.2) is 0 Å². The van der Waals surface area contributed by atoms with Crippen molar-refractivity contribution in [3.8, 4) is 0 Å². The predicted molar refractivity (Wildman–Crippen MR) is 119 cm³/mol. The van der Waals surface area contributed by atoms with Gasteiger partial charge in [0.05, 0.1) is 5.69 Å². The van der Waals surface area contributed by atoms with Crippen LogP contribution in [0.25, 0.3) is 5.57 Å². The molecule has 0 aliphatic carbocycles. The van der Waals surface area contributed by atoms with Crippen molar-refractivity contribution in [3.05, 3.63) is 71.0 Å². The Bertz CT molecular complexity index is 657. The third-order valence-electron chi connectivity index (χ3n) is 3.58. The molecular formula is C24H38FN. The van der Waals surface area contributed by atoms with Crippen molar-refractivity contribution < 1.29 is 4.39 Å². The van der Waals surface area contributed by atoms with E-state index >= 15 is 0 Å². The van der Waals surface area contributed by atoms with Crippen LogP contribution >= 0.6 is 0 Å². The van der Waals surface area contributed by atoms with Gasteiger partial charge in [0.2, 0.25) is 0 Å². The summed E-state index contributed by atoms with van der Waals surface area (Å²) in [5.74, 6) is -0.199. The lowest BCUT2D eigenvalue weighted by Crippen LogP contribution is -2.10. The second-order valence-corrected chi connectivity index (χ2v) is 5.93. The van der Waals surface area contributed by atoms with Gasteiger partial charge in [-0.15, -0.1) is 0 Å². The molecule has 26 heavy (non-hydrogen) atoms. The van der Waals surface area contributed by atoms with E-state index in [1.54, 1.807) is 17.0 Å². The van der Waals surface area contributed by atoms with Crippen molar-refractivity contribution in [1.82, 2.24) is 0 Å². The molecule has 146 valence electrons. The van der Waals surface area contributed by atoms with Crippen LogP contribution in [-0.4, -0.2) is 14.1 Å². The molecule has 1 nitrogen and oxygen atoms in total. The molecule has 0 saturated carbocycles. The van der Waals surface area contributed by atoms with Crippen molar-refractivity contribution >= 4 is 11.3 Å². The smallest absolute Gasteiger partial charge is 0.146 e. The molecule has 2 heteroatoms. The average molecular weight is 360 g/mol. The number of allylic oxidation sites excluding steroid dienone is 1. The van der Waals surface area contributed by atoms with E-state index in [4.69, 9.17) is 0 Å². The van der Waals surface area contributed by atoms with Gasteiger partial charge in [-0.3, -0.25) is 0 Å². The van der Waals surface area contributed by atoms with E-state index < -0.39 is 0 Å². The number of aryl methyl sites for hydroxylation is 3. The van der Waals surface area contributed by atoms with E-state index in [1.807, 2.05) is 48.7 Å². The molecule has 0 aromatic heterocycles. The Morgan fingerprint density at radius 2 is 1.38 bits per heavy atom. The zero-order chi connectivity index (χ0) is 20.9. The summed E-state index contributed by atoms with van der Waals surface area (Å²) in [4.78, 5) is 1.75. The van der Waals surface area contributed by atoms with Crippen LogP contribution in [0.1, 0.15) is 56.9 Å². The van der Waals surface area contributed by atoms with E-state index in [0.717, 1.165) is 11.1 Å². The number of halogens is 1. The molecule has 0 spiro atoms. The molecule has 0 heterocycles. The first-order valence-electron chi connectivity index (χ1n) is 9.39. The first kappa shape index (κ1) is 26.1. The normalized spacial score (nSPS) is 8.73. The van der Waals surface area contributed by atoms with Gasteiger partial charge in [-0.25, -0.2) is 4.39 Å². The van der Waals surface area contributed by atoms with Crippen LogP contribution < -0.4 is 4.90 Å². The largest absolute Gasteiger partial charge is 0.375 e. The molecule has 2 aromatic rings. The minimum atomic E-state index is -0.199. The molecular weight excluding hydrogens is 321 g/mol. The molecule has 0 fully saturated rings. The van der Waals surface area contributed by atoms with Crippen LogP contribution in [0.2, 0.25) is 0 Å². The van der Waals surface area contributed by atoms with Gasteiger partial charge in [-0.2, -0.15) is 0 Å². The molecule has 0 unspecified atom stereocenters. The molecule has 0 radical (unpaired) electrons. The van der Waals surface area contributed by atoms with Gasteiger partial charge in [0.1, 0.15) is 5.82 Å². The van der Waals surface area contributed by atoms with Gasteiger partial charge < -0.3 is 4.90 Å². The molecule has 2 aromatic carbocycles. The monoisotopic (exact) mass is 359 g/mol. The summed E-state index contributed by atoms with van der Waals surface area (Å²) in [5.41, 5.74) is 6.63. The zero-order valence-corrected chi connectivity index (χ0v) is 18.5. The van der Waals surface area contributed by atoms with E-state index in [-0.39, 0.29) is 5.82 Å². The number of hydrogen-bond donors (Lipinski definition) is 0. The minimum Gasteiger partial charge on any atom is -0.375 e. The Morgan fingerprint density at radius 1 is 0.846 bits per heavy atom. The number of benzene rings is 2. The third-order valence-corrected chi connectivity index (χ3v) is 3.58. The first-order chi connectivity index (χ1) is 12.2. The molecule has 0 atom stereocenters. The summed E-state index contributed by atoms with van der Waals surface area (Å²) in [6, 6.07) is 11.5. The maximum Gasteiger partial charge on any atom is 0.146 e. The Morgan fingerprint density at radius 3 is 1.77 bits per heavy atom. The van der Waals surface area contributed by atoms with Gasteiger partial charge in [0.25, 0.3) is 0 Å². The lowest BCUT2D eigenvalue weighted by atomic mass is 10.1. The fourth-order valence-electron chi connectivity index (χ4n) is 2.01. The molecule has 0 amide bonds. The quantitative estimate of drug-likeness (QED) is 0.534. The summed E-state index contributed by atoms with van der Waals surface area (Å²) in [6.07, 6.45) is 0. The van der Waals surface area contributed by atoms with E-state index in [9.17, 15) is 4.39 Å². The lowest BCUT2D eigenvalue weighted by molar-refractivity contribution is 0.626. The predicted octanol–water partition coefficient (Wildman–Crippen LogP) is 7.59. The summed E-state index contributed by atoms with van der Waals surface area (Å²) in [7, 11) is 3.64. The summed E-state index contributed by atoms with van der Waals surface area (Å²) >= 11 is 0. The lowest BCUT2D eigenvalue weighted by Gasteiger charge is -2.14. The van der Waals surface area contributed by atoms with Crippen molar-refractivity contribution in [2.24, 2.45) is 0 Å². The van der Waals surface area contributed by atoms with Gasteiger partial charge in [-0.1, -0.05) is 69.7 Å². The van der Waals surface area contributed by atoms with Crippen molar-refractivity contribution in [2.45, 2.75) is 55.4 Å². The Hall–Kier alpha value is -2.09. The number of rotatable bonds is 2. The average Bonchev–Trinajstić information content (AvgIpc) is 2.62. The molecule has 0 N–H and O–H groups in total. The van der Waals surface area contributed by atoms with Gasteiger partial charge >= 0.3 is 0 Å². The maximum atomic E-state index is 13.2. The second-order valence-electron chi connectivity index (χ2n) is 5.93. The van der Waals surface area contributed by atoms with Crippen molar-refractivity contribution in [3.63, 3.8) is 0 Å². The zero-order valence-electron chi connectivity index (χ0n) is 18.5. The van der Waals surface area contributed by atoms with Crippen LogP contribution in [0.4, 0.5) is 10.1 Å². The third kappa shape index (κ3) is 9.41. The van der Waals surface area contributed by atoms with Crippen LogP contribution in [0.3, 0.4) is 0 Å². The maximum absolute atomic E-state index is 13.2. The van der Waals surface area contributed by atoms with Crippen LogP contribution in [0, 0.1) is 26.6 Å². The molecule has 0 saturated heterocycles. The number of nitrogens with zero attached hydrogens (tertiary/aromatic N) is 1. The summed E-state index contributed by atoms with van der Waals surface area (Å²) < 4.78 is 13.2. The summed E-state index contributed by atoms with van der Waals surface area (Å²) in [6.45, 7) is 20.1. The fraction of sp³-hybridized carbons (Fsp3) is 0.417. The highest BCUT2D eigenvalue weighted by atomic mass is 19.1. The molecule has 0 aliphatic heterocycles. The topological polar surface area (TPSA) is 3.24 Å². The van der Waals surface area contributed by atoms with Crippen molar-refractivity contribution in [1.29, 1.82) is 0 Å².